The zero-order valence-corrected chi connectivity index (χ0v) is 23.7. The van der Waals surface area contributed by atoms with Crippen LogP contribution in [0.15, 0.2) is 64.1 Å². The smallest absolute Gasteiger partial charge is 0.261 e. The second kappa shape index (κ2) is 10.8. The summed E-state index contributed by atoms with van der Waals surface area (Å²) in [6.45, 7) is 1.51. The van der Waals surface area contributed by atoms with E-state index in [0.29, 0.717) is 34.6 Å². The zero-order valence-electron chi connectivity index (χ0n) is 22.9. The van der Waals surface area contributed by atoms with Crippen LogP contribution in [0.4, 0.5) is 14.5 Å². The fourth-order valence-corrected chi connectivity index (χ4v) is 5.90. The summed E-state index contributed by atoms with van der Waals surface area (Å²) in [5, 5.41) is 0.278. The molecule has 3 heterocycles. The number of nitrogens with zero attached hydrogens (tertiary/aromatic N) is 2. The number of aryl methyl sites for hydroxylation is 1. The maximum Gasteiger partial charge on any atom is 0.261 e. The summed E-state index contributed by atoms with van der Waals surface area (Å²) < 4.78 is 68.8. The molecule has 3 aromatic heterocycles. The van der Waals surface area contributed by atoms with E-state index in [1.807, 2.05) is 0 Å². The highest BCUT2D eigenvalue weighted by Crippen LogP contribution is 2.41. The van der Waals surface area contributed by atoms with Crippen molar-refractivity contribution in [3.05, 3.63) is 82.7 Å². The Morgan fingerprint density at radius 3 is 2.60 bits per heavy atom. The summed E-state index contributed by atoms with van der Waals surface area (Å²) in [6, 6.07) is 9.01. The molecule has 0 amide bonds. The summed E-state index contributed by atoms with van der Waals surface area (Å²) in [7, 11) is -2.05. The zero-order chi connectivity index (χ0) is 29.6. The second-order valence-electron chi connectivity index (χ2n) is 10.4. The van der Waals surface area contributed by atoms with Gasteiger partial charge in [0.2, 0.25) is 10.0 Å². The van der Waals surface area contributed by atoms with Gasteiger partial charge in [-0.3, -0.25) is 9.52 Å². The van der Waals surface area contributed by atoms with Gasteiger partial charge in [-0.1, -0.05) is 12.8 Å². The Bertz CT molecular complexity index is 1970. The van der Waals surface area contributed by atoms with E-state index >= 15 is 0 Å². The third kappa shape index (κ3) is 5.29. The molecule has 0 atom stereocenters. The standard InChI is InChI=1S/C30H28F2N4O5S/c1-3-42(38,39)35-19-9-11-25(40-26-10-8-18(31)12-23(26)32)20(13-19)22-16-36(2)30(37)21-14-27(41-28(21)22)24-15-33-29(34-24)17-6-4-5-7-17/h8-17,35H,3-7H2,1-2H3,(H,33,34). The molecule has 5 aromatic rings. The fourth-order valence-electron chi connectivity index (χ4n) is 5.27. The van der Waals surface area contributed by atoms with Crippen molar-refractivity contribution in [2.24, 2.45) is 7.05 Å². The minimum atomic E-state index is -3.63. The van der Waals surface area contributed by atoms with Crippen LogP contribution in [0.3, 0.4) is 0 Å². The lowest BCUT2D eigenvalue weighted by atomic mass is 10.0. The number of rotatable bonds is 8. The minimum Gasteiger partial charge on any atom is -0.454 e. The monoisotopic (exact) mass is 594 g/mol. The number of hydrogen-bond donors (Lipinski definition) is 2. The molecule has 0 radical (unpaired) electrons. The van der Waals surface area contributed by atoms with Crippen molar-refractivity contribution in [1.29, 1.82) is 0 Å². The average Bonchev–Trinajstić information content (AvgIpc) is 3.74. The number of ether oxygens (including phenoxy) is 1. The number of sulfonamides is 1. The first-order chi connectivity index (χ1) is 20.1. The summed E-state index contributed by atoms with van der Waals surface area (Å²) in [4.78, 5) is 21.1. The van der Waals surface area contributed by atoms with Gasteiger partial charge in [0.15, 0.2) is 17.3 Å². The first kappa shape index (κ1) is 27.7. The fraction of sp³-hybridized carbons (Fsp3) is 0.267. The molecule has 2 N–H and O–H groups in total. The van der Waals surface area contributed by atoms with E-state index in [1.165, 1.54) is 35.9 Å². The Balaban J connectivity index is 1.51. The van der Waals surface area contributed by atoms with Gasteiger partial charge in [0.05, 0.1) is 17.3 Å². The first-order valence-electron chi connectivity index (χ1n) is 13.6. The van der Waals surface area contributed by atoms with Crippen molar-refractivity contribution in [1.82, 2.24) is 14.5 Å². The molecule has 0 saturated heterocycles. The van der Waals surface area contributed by atoms with Gasteiger partial charge in [0.1, 0.15) is 28.7 Å². The number of hydrogen-bond acceptors (Lipinski definition) is 6. The van der Waals surface area contributed by atoms with E-state index in [-0.39, 0.29) is 39.5 Å². The van der Waals surface area contributed by atoms with E-state index in [4.69, 9.17) is 9.15 Å². The molecule has 1 saturated carbocycles. The molecule has 1 fully saturated rings. The summed E-state index contributed by atoms with van der Waals surface area (Å²) in [6.07, 6.45) is 7.66. The van der Waals surface area contributed by atoms with Crippen LogP contribution in [-0.2, 0) is 17.1 Å². The molecular weight excluding hydrogens is 566 g/mol. The van der Waals surface area contributed by atoms with Crippen LogP contribution < -0.4 is 15.0 Å². The molecule has 0 unspecified atom stereocenters. The van der Waals surface area contributed by atoms with Crippen LogP contribution in [0.2, 0.25) is 0 Å². The van der Waals surface area contributed by atoms with E-state index in [2.05, 4.69) is 14.7 Å². The number of halogens is 2. The number of aromatic amines is 1. The molecule has 2 aromatic carbocycles. The maximum absolute atomic E-state index is 14.6. The molecule has 12 heteroatoms. The molecule has 0 spiro atoms. The third-order valence-electron chi connectivity index (χ3n) is 7.49. The van der Waals surface area contributed by atoms with Gasteiger partial charge in [-0.05, 0) is 56.2 Å². The van der Waals surface area contributed by atoms with Gasteiger partial charge in [-0.2, -0.15) is 0 Å². The number of nitrogens with one attached hydrogen (secondary N) is 2. The molecule has 218 valence electrons. The van der Waals surface area contributed by atoms with Gasteiger partial charge < -0.3 is 18.7 Å². The topological polar surface area (TPSA) is 119 Å². The van der Waals surface area contributed by atoms with Crippen LogP contribution in [0, 0.1) is 11.6 Å². The number of H-pyrrole nitrogens is 1. The molecule has 42 heavy (non-hydrogen) atoms. The van der Waals surface area contributed by atoms with Crippen molar-refractivity contribution < 1.29 is 26.4 Å². The molecule has 9 nitrogen and oxygen atoms in total. The van der Waals surface area contributed by atoms with Gasteiger partial charge in [0, 0.05) is 42.0 Å². The maximum atomic E-state index is 14.6. The van der Waals surface area contributed by atoms with Crippen LogP contribution in [0.1, 0.15) is 44.3 Å². The van der Waals surface area contributed by atoms with Crippen molar-refractivity contribution in [2.75, 3.05) is 10.5 Å². The molecule has 1 aliphatic carbocycles. The highest BCUT2D eigenvalue weighted by molar-refractivity contribution is 7.92. The molecule has 0 bridgehead atoms. The van der Waals surface area contributed by atoms with E-state index < -0.39 is 21.7 Å². The molecule has 0 aliphatic heterocycles. The number of furan rings is 1. The van der Waals surface area contributed by atoms with Crippen LogP contribution >= 0.6 is 0 Å². The number of pyridine rings is 1. The Morgan fingerprint density at radius 2 is 1.86 bits per heavy atom. The second-order valence-corrected chi connectivity index (χ2v) is 12.4. The Kier molecular flexibility index (Phi) is 7.09. The number of benzene rings is 2. The van der Waals surface area contributed by atoms with E-state index in [0.717, 1.165) is 43.6 Å². The van der Waals surface area contributed by atoms with Crippen LogP contribution in [0.25, 0.3) is 33.6 Å². The quantitative estimate of drug-likeness (QED) is 0.207. The lowest BCUT2D eigenvalue weighted by Gasteiger charge is -2.15. The summed E-state index contributed by atoms with van der Waals surface area (Å²) >= 11 is 0. The highest BCUT2D eigenvalue weighted by Gasteiger charge is 2.23. The van der Waals surface area contributed by atoms with E-state index in [1.54, 1.807) is 19.3 Å². The Hall–Kier alpha value is -4.45. The largest absolute Gasteiger partial charge is 0.454 e. The van der Waals surface area contributed by atoms with Crippen molar-refractivity contribution in [3.8, 4) is 34.1 Å². The summed E-state index contributed by atoms with van der Waals surface area (Å²) in [5.41, 5.74) is 1.47. The number of aromatic nitrogens is 3. The van der Waals surface area contributed by atoms with E-state index in [9.17, 15) is 22.0 Å². The highest BCUT2D eigenvalue weighted by atomic mass is 32.2. The van der Waals surface area contributed by atoms with Gasteiger partial charge in [-0.25, -0.2) is 22.2 Å². The van der Waals surface area contributed by atoms with Crippen LogP contribution in [-0.4, -0.2) is 28.7 Å². The number of imidazole rings is 1. The van der Waals surface area contributed by atoms with Crippen molar-refractivity contribution >= 4 is 26.7 Å². The first-order valence-corrected chi connectivity index (χ1v) is 15.2. The molecular formula is C30H28F2N4O5S. The van der Waals surface area contributed by atoms with Crippen molar-refractivity contribution in [2.45, 2.75) is 38.5 Å². The molecule has 1 aliphatic rings. The Morgan fingerprint density at radius 1 is 1.10 bits per heavy atom. The third-order valence-corrected chi connectivity index (χ3v) is 8.80. The summed E-state index contributed by atoms with van der Waals surface area (Å²) in [5.74, 6) is -0.305. The lowest BCUT2D eigenvalue weighted by molar-refractivity contribution is 0.439. The van der Waals surface area contributed by atoms with Gasteiger partial charge >= 0.3 is 0 Å². The SMILES string of the molecule is CCS(=O)(=O)Nc1ccc(Oc2ccc(F)cc2F)c(-c2cn(C)c(=O)c3cc(-c4cnc(C5CCCC5)[nH]4)oc23)c1. The lowest BCUT2D eigenvalue weighted by Crippen LogP contribution is -2.16. The van der Waals surface area contributed by atoms with Crippen LogP contribution in [0.5, 0.6) is 11.5 Å². The minimum absolute atomic E-state index is 0.128. The molecule has 6 rings (SSSR count). The normalized spacial score (nSPS) is 14.1. The predicted molar refractivity (Wildman–Crippen MR) is 155 cm³/mol. The average molecular weight is 595 g/mol. The van der Waals surface area contributed by atoms with Gasteiger partial charge in [-0.15, -0.1) is 0 Å². The Labute approximate surface area is 240 Å². The predicted octanol–water partition coefficient (Wildman–Crippen LogP) is 6.68. The number of fused-ring (bicyclic) bond motifs is 1. The van der Waals surface area contributed by atoms with Gasteiger partial charge in [0.25, 0.3) is 5.56 Å². The number of anilines is 1. The van der Waals surface area contributed by atoms with Crippen molar-refractivity contribution in [3.63, 3.8) is 0 Å².